The van der Waals surface area contributed by atoms with E-state index >= 15 is 0 Å². The first-order valence-electron chi connectivity index (χ1n) is 9.39. The highest BCUT2D eigenvalue weighted by atomic mass is 16.5. The number of aromatic nitrogens is 4. The normalized spacial score (nSPS) is 25.3. The molecule has 2 aromatic heterocycles. The lowest BCUT2D eigenvalue weighted by atomic mass is 9.80. The van der Waals surface area contributed by atoms with Crippen LogP contribution in [0.15, 0.2) is 16.9 Å². The van der Waals surface area contributed by atoms with Gasteiger partial charge in [0.15, 0.2) is 5.82 Å². The maximum absolute atomic E-state index is 13.2. The maximum atomic E-state index is 13.2. The molecule has 26 heavy (non-hydrogen) atoms. The minimum Gasteiger partial charge on any atom is -0.343 e. The minimum absolute atomic E-state index is 0.0632. The molecule has 2 N–H and O–H groups in total. The van der Waals surface area contributed by atoms with Gasteiger partial charge in [0, 0.05) is 39.2 Å². The summed E-state index contributed by atoms with van der Waals surface area (Å²) in [6.45, 7) is 3.25. The standard InChI is InChI=1S/C18H26N6O2/c1-12-21-17(23-26-12)18(6-4-3-5-7-18)22-16(25)15-10-19-9-14(15)13-8-20-24(2)11-13/h8,11,14-15,19H,3-7,9-10H2,1-2H3,(H,22,25)/t14-,15+/m1/s1. The van der Waals surface area contributed by atoms with Crippen molar-refractivity contribution < 1.29 is 9.32 Å². The molecule has 8 nitrogen and oxygen atoms in total. The molecule has 2 aromatic rings. The molecule has 0 bridgehead atoms. The average molecular weight is 358 g/mol. The molecular formula is C18H26N6O2. The van der Waals surface area contributed by atoms with Gasteiger partial charge in [-0.25, -0.2) is 0 Å². The highest BCUT2D eigenvalue weighted by Crippen LogP contribution is 2.37. The van der Waals surface area contributed by atoms with E-state index in [9.17, 15) is 4.79 Å². The quantitative estimate of drug-likeness (QED) is 0.857. The van der Waals surface area contributed by atoms with Crippen LogP contribution in [0, 0.1) is 12.8 Å². The van der Waals surface area contributed by atoms with Crippen molar-refractivity contribution in [3.63, 3.8) is 0 Å². The first-order valence-corrected chi connectivity index (χ1v) is 9.39. The van der Waals surface area contributed by atoms with Crippen molar-refractivity contribution in [1.29, 1.82) is 0 Å². The van der Waals surface area contributed by atoms with Crippen LogP contribution in [0.5, 0.6) is 0 Å². The Morgan fingerprint density at radius 3 is 2.81 bits per heavy atom. The molecule has 8 heteroatoms. The maximum Gasteiger partial charge on any atom is 0.225 e. The van der Waals surface area contributed by atoms with Crippen molar-refractivity contribution in [3.8, 4) is 0 Å². The molecule has 1 amide bonds. The third-order valence-corrected chi connectivity index (χ3v) is 5.73. The number of hydrogen-bond acceptors (Lipinski definition) is 6. The van der Waals surface area contributed by atoms with E-state index in [2.05, 4.69) is 25.9 Å². The van der Waals surface area contributed by atoms with Crippen molar-refractivity contribution in [1.82, 2.24) is 30.6 Å². The van der Waals surface area contributed by atoms with Crippen LogP contribution in [0.3, 0.4) is 0 Å². The van der Waals surface area contributed by atoms with E-state index in [1.807, 2.05) is 19.4 Å². The molecule has 1 saturated heterocycles. The van der Waals surface area contributed by atoms with E-state index < -0.39 is 5.54 Å². The summed E-state index contributed by atoms with van der Waals surface area (Å²) in [7, 11) is 1.90. The Bertz CT molecular complexity index is 776. The van der Waals surface area contributed by atoms with Gasteiger partial charge in [-0.15, -0.1) is 0 Å². The molecule has 2 fully saturated rings. The number of nitrogens with zero attached hydrogens (tertiary/aromatic N) is 4. The Morgan fingerprint density at radius 1 is 1.35 bits per heavy atom. The molecule has 0 spiro atoms. The Morgan fingerprint density at radius 2 is 2.15 bits per heavy atom. The second-order valence-electron chi connectivity index (χ2n) is 7.59. The number of aryl methyl sites for hydroxylation is 2. The summed E-state index contributed by atoms with van der Waals surface area (Å²) in [6, 6.07) is 0. The van der Waals surface area contributed by atoms with E-state index in [0.29, 0.717) is 18.3 Å². The molecule has 1 aliphatic carbocycles. The fraction of sp³-hybridized carbons (Fsp3) is 0.667. The van der Waals surface area contributed by atoms with Crippen molar-refractivity contribution >= 4 is 5.91 Å². The fourth-order valence-electron chi connectivity index (χ4n) is 4.32. The van der Waals surface area contributed by atoms with Gasteiger partial charge in [-0.2, -0.15) is 10.1 Å². The summed E-state index contributed by atoms with van der Waals surface area (Å²) in [5.74, 6) is 1.23. The van der Waals surface area contributed by atoms with Crippen LogP contribution in [0.4, 0.5) is 0 Å². The van der Waals surface area contributed by atoms with E-state index in [0.717, 1.165) is 37.8 Å². The SMILES string of the molecule is Cc1nc(C2(NC(=O)[C@H]3CNC[C@@H]3c3cnn(C)c3)CCCCC2)no1. The van der Waals surface area contributed by atoms with Crippen LogP contribution in [-0.2, 0) is 17.4 Å². The summed E-state index contributed by atoms with van der Waals surface area (Å²) in [6.07, 6.45) is 8.86. The van der Waals surface area contributed by atoms with Crippen LogP contribution >= 0.6 is 0 Å². The van der Waals surface area contributed by atoms with Gasteiger partial charge in [0.2, 0.25) is 11.8 Å². The van der Waals surface area contributed by atoms with Gasteiger partial charge >= 0.3 is 0 Å². The van der Waals surface area contributed by atoms with E-state index in [1.54, 1.807) is 11.6 Å². The second-order valence-corrected chi connectivity index (χ2v) is 7.59. The van der Waals surface area contributed by atoms with E-state index in [1.165, 1.54) is 6.42 Å². The number of hydrogen-bond donors (Lipinski definition) is 2. The zero-order chi connectivity index (χ0) is 18.1. The minimum atomic E-state index is -0.505. The molecule has 1 aliphatic heterocycles. The van der Waals surface area contributed by atoms with Crippen LogP contribution in [0.25, 0.3) is 0 Å². The predicted molar refractivity (Wildman–Crippen MR) is 94.2 cm³/mol. The zero-order valence-corrected chi connectivity index (χ0v) is 15.4. The third kappa shape index (κ3) is 3.13. The largest absolute Gasteiger partial charge is 0.343 e. The highest BCUT2D eigenvalue weighted by Gasteiger charge is 2.43. The Kier molecular flexibility index (Phi) is 4.52. The van der Waals surface area contributed by atoms with Gasteiger partial charge in [0.25, 0.3) is 0 Å². The lowest BCUT2D eigenvalue weighted by Gasteiger charge is -2.36. The van der Waals surface area contributed by atoms with Gasteiger partial charge in [-0.1, -0.05) is 24.4 Å². The summed E-state index contributed by atoms with van der Waals surface area (Å²) in [4.78, 5) is 17.7. The van der Waals surface area contributed by atoms with Gasteiger partial charge in [0.1, 0.15) is 5.54 Å². The van der Waals surface area contributed by atoms with E-state index in [-0.39, 0.29) is 17.7 Å². The predicted octanol–water partition coefficient (Wildman–Crippen LogP) is 1.39. The number of carbonyl (C=O) groups is 1. The van der Waals surface area contributed by atoms with Crippen molar-refractivity contribution in [2.75, 3.05) is 13.1 Å². The van der Waals surface area contributed by atoms with Gasteiger partial charge in [0.05, 0.1) is 12.1 Å². The molecule has 2 aliphatic rings. The fourth-order valence-corrected chi connectivity index (χ4v) is 4.32. The molecule has 0 radical (unpaired) electrons. The molecule has 3 heterocycles. The smallest absolute Gasteiger partial charge is 0.225 e. The number of nitrogens with one attached hydrogen (secondary N) is 2. The Labute approximate surface area is 152 Å². The number of amides is 1. The van der Waals surface area contributed by atoms with Gasteiger partial charge < -0.3 is 15.2 Å². The van der Waals surface area contributed by atoms with Crippen molar-refractivity contribution in [2.45, 2.75) is 50.5 Å². The summed E-state index contributed by atoms with van der Waals surface area (Å²) >= 11 is 0. The summed E-state index contributed by atoms with van der Waals surface area (Å²) in [5.41, 5.74) is 0.598. The first kappa shape index (κ1) is 17.2. The third-order valence-electron chi connectivity index (χ3n) is 5.73. The summed E-state index contributed by atoms with van der Waals surface area (Å²) < 4.78 is 6.99. The van der Waals surface area contributed by atoms with Crippen LogP contribution in [0.2, 0.25) is 0 Å². The monoisotopic (exact) mass is 358 g/mol. The number of carbonyl (C=O) groups excluding carboxylic acids is 1. The summed E-state index contributed by atoms with van der Waals surface area (Å²) in [5, 5.41) is 15.1. The first-order chi connectivity index (χ1) is 12.6. The molecule has 0 aromatic carbocycles. The topological polar surface area (TPSA) is 97.9 Å². The molecule has 0 unspecified atom stereocenters. The van der Waals surface area contributed by atoms with E-state index in [4.69, 9.17) is 4.52 Å². The second kappa shape index (κ2) is 6.83. The molecule has 4 rings (SSSR count). The van der Waals surface area contributed by atoms with Crippen LogP contribution in [-0.4, -0.2) is 38.9 Å². The zero-order valence-electron chi connectivity index (χ0n) is 15.4. The van der Waals surface area contributed by atoms with Crippen LogP contribution in [0.1, 0.15) is 55.3 Å². The molecular weight excluding hydrogens is 332 g/mol. The lowest BCUT2D eigenvalue weighted by molar-refractivity contribution is -0.127. The van der Waals surface area contributed by atoms with Crippen LogP contribution < -0.4 is 10.6 Å². The van der Waals surface area contributed by atoms with Gasteiger partial charge in [-0.3, -0.25) is 9.48 Å². The lowest BCUT2D eigenvalue weighted by Crippen LogP contribution is -2.50. The average Bonchev–Trinajstić information content (AvgIpc) is 3.35. The Hall–Kier alpha value is -2.22. The van der Waals surface area contributed by atoms with Crippen molar-refractivity contribution in [2.24, 2.45) is 13.0 Å². The number of rotatable bonds is 4. The highest BCUT2D eigenvalue weighted by molar-refractivity contribution is 5.81. The van der Waals surface area contributed by atoms with Crippen molar-refractivity contribution in [3.05, 3.63) is 29.7 Å². The molecule has 1 saturated carbocycles. The molecule has 2 atom stereocenters. The Balaban J connectivity index is 1.56. The van der Waals surface area contributed by atoms with Gasteiger partial charge in [-0.05, 0) is 18.4 Å². The molecule has 140 valence electrons.